The van der Waals surface area contributed by atoms with Crippen LogP contribution in [0.1, 0.15) is 50.2 Å². The Bertz CT molecular complexity index is 1230. The molecule has 0 aliphatic heterocycles. The van der Waals surface area contributed by atoms with Gasteiger partial charge in [0.1, 0.15) is 12.6 Å². The maximum absolute atomic E-state index is 13.9. The Balaban J connectivity index is 1.96. The largest absolute Gasteiger partial charge is 0.493 e. The summed E-state index contributed by atoms with van der Waals surface area (Å²) in [5, 5.41) is 3.11. The smallest absolute Gasteiger partial charge is 0.244 e. The van der Waals surface area contributed by atoms with Crippen molar-refractivity contribution in [2.45, 2.75) is 64.6 Å². The number of hydrogen-bond donors (Lipinski definition) is 1. The number of ether oxygens (including phenoxy) is 2. The molecule has 0 saturated heterocycles. The summed E-state index contributed by atoms with van der Waals surface area (Å²) in [5.41, 5.74) is 2.14. The second-order valence-corrected chi connectivity index (χ2v) is 11.6. The number of amides is 2. The van der Waals surface area contributed by atoms with Gasteiger partial charge in [0.2, 0.25) is 21.8 Å². The molecule has 0 bridgehead atoms. The lowest BCUT2D eigenvalue weighted by Gasteiger charge is -2.33. The minimum atomic E-state index is -3.85. The zero-order valence-electron chi connectivity index (χ0n) is 22.9. The lowest BCUT2D eigenvalue weighted by atomic mass is 10.1. The van der Waals surface area contributed by atoms with Crippen LogP contribution in [0.3, 0.4) is 0 Å². The standard InChI is InChI=1S/C28H39N3O6S/c1-6-24(28(33)29-22-13-9-10-14-22)30(18-21-12-8-7-11-20(21)2)27(32)19-31(38(5,34)35)23-15-16-25(36-3)26(17-23)37-4/h7-8,11-12,15-17,22,24H,6,9-10,13-14,18-19H2,1-5H3,(H,29,33)/t24-/m0/s1. The van der Waals surface area contributed by atoms with Crippen LogP contribution in [0.4, 0.5) is 5.69 Å². The van der Waals surface area contributed by atoms with Crippen LogP contribution in [0.2, 0.25) is 0 Å². The van der Waals surface area contributed by atoms with Gasteiger partial charge in [0.05, 0.1) is 26.2 Å². The van der Waals surface area contributed by atoms with E-state index in [9.17, 15) is 18.0 Å². The Morgan fingerprint density at radius 3 is 2.29 bits per heavy atom. The topological polar surface area (TPSA) is 105 Å². The third kappa shape index (κ3) is 7.18. The SMILES string of the molecule is CC[C@@H](C(=O)NC1CCCC1)N(Cc1ccccc1C)C(=O)CN(c1ccc(OC)c(OC)c1)S(C)(=O)=O. The number of carbonyl (C=O) groups excluding carboxylic acids is 2. The van der Waals surface area contributed by atoms with Crippen molar-refractivity contribution in [3.05, 3.63) is 53.6 Å². The highest BCUT2D eigenvalue weighted by Gasteiger charge is 2.33. The summed E-state index contributed by atoms with van der Waals surface area (Å²) in [7, 11) is -0.913. The minimum Gasteiger partial charge on any atom is -0.493 e. The van der Waals surface area contributed by atoms with Crippen LogP contribution >= 0.6 is 0 Å². The molecule has 0 aromatic heterocycles. The zero-order valence-corrected chi connectivity index (χ0v) is 23.7. The third-order valence-electron chi connectivity index (χ3n) is 7.02. The Hall–Kier alpha value is -3.27. The van der Waals surface area contributed by atoms with Crippen LogP contribution in [-0.4, -0.2) is 64.2 Å². The van der Waals surface area contributed by atoms with E-state index in [1.54, 1.807) is 12.1 Å². The van der Waals surface area contributed by atoms with Crippen molar-refractivity contribution in [3.8, 4) is 11.5 Å². The first kappa shape index (κ1) is 29.3. The van der Waals surface area contributed by atoms with Crippen LogP contribution in [0.5, 0.6) is 11.5 Å². The Morgan fingerprint density at radius 1 is 1.05 bits per heavy atom. The van der Waals surface area contributed by atoms with E-state index in [0.29, 0.717) is 17.9 Å². The van der Waals surface area contributed by atoms with Gasteiger partial charge >= 0.3 is 0 Å². The molecule has 2 amide bonds. The maximum Gasteiger partial charge on any atom is 0.244 e. The van der Waals surface area contributed by atoms with E-state index in [4.69, 9.17) is 9.47 Å². The first-order valence-corrected chi connectivity index (χ1v) is 14.8. The first-order valence-electron chi connectivity index (χ1n) is 12.9. The molecule has 1 aliphatic carbocycles. The van der Waals surface area contributed by atoms with Gasteiger partial charge in [-0.05, 0) is 49.4 Å². The average Bonchev–Trinajstić information content (AvgIpc) is 3.40. The number of nitrogens with zero attached hydrogens (tertiary/aromatic N) is 2. The number of sulfonamides is 1. The Morgan fingerprint density at radius 2 is 1.71 bits per heavy atom. The molecule has 2 aromatic rings. The van der Waals surface area contributed by atoms with E-state index < -0.39 is 28.5 Å². The van der Waals surface area contributed by atoms with Crippen molar-refractivity contribution in [1.29, 1.82) is 0 Å². The molecule has 0 unspecified atom stereocenters. The molecule has 10 heteroatoms. The molecular weight excluding hydrogens is 506 g/mol. The second-order valence-electron chi connectivity index (χ2n) is 9.67. The van der Waals surface area contributed by atoms with Gasteiger partial charge < -0.3 is 19.7 Å². The van der Waals surface area contributed by atoms with Crippen LogP contribution in [0, 0.1) is 6.92 Å². The Labute approximate surface area is 226 Å². The summed E-state index contributed by atoms with van der Waals surface area (Å²) in [6.45, 7) is 3.53. The summed E-state index contributed by atoms with van der Waals surface area (Å²) in [6, 6.07) is 11.7. The molecule has 3 rings (SSSR count). The van der Waals surface area contributed by atoms with Crippen molar-refractivity contribution < 1.29 is 27.5 Å². The quantitative estimate of drug-likeness (QED) is 0.437. The van der Waals surface area contributed by atoms with E-state index in [0.717, 1.165) is 47.4 Å². The van der Waals surface area contributed by atoms with E-state index in [1.807, 2.05) is 38.1 Å². The number of carbonyl (C=O) groups is 2. The van der Waals surface area contributed by atoms with Gasteiger partial charge in [-0.15, -0.1) is 0 Å². The van der Waals surface area contributed by atoms with Gasteiger partial charge in [-0.3, -0.25) is 13.9 Å². The van der Waals surface area contributed by atoms with Crippen molar-refractivity contribution in [3.63, 3.8) is 0 Å². The van der Waals surface area contributed by atoms with Gasteiger partial charge in [-0.25, -0.2) is 8.42 Å². The number of hydrogen-bond acceptors (Lipinski definition) is 6. The van der Waals surface area contributed by atoms with Crippen molar-refractivity contribution in [2.75, 3.05) is 31.3 Å². The summed E-state index contributed by atoms with van der Waals surface area (Å²) in [4.78, 5) is 28.8. The van der Waals surface area contributed by atoms with E-state index in [-0.39, 0.29) is 24.2 Å². The highest BCUT2D eigenvalue weighted by Crippen LogP contribution is 2.32. The van der Waals surface area contributed by atoms with Crippen molar-refractivity contribution in [1.82, 2.24) is 10.2 Å². The van der Waals surface area contributed by atoms with Gasteiger partial charge in [0.25, 0.3) is 0 Å². The number of anilines is 1. The van der Waals surface area contributed by atoms with Crippen LogP contribution in [0.15, 0.2) is 42.5 Å². The lowest BCUT2D eigenvalue weighted by molar-refractivity contribution is -0.140. The molecular formula is C28H39N3O6S. The molecule has 1 saturated carbocycles. The number of aryl methyl sites for hydroxylation is 1. The van der Waals surface area contributed by atoms with Gasteiger partial charge in [-0.1, -0.05) is 44.0 Å². The normalized spacial score (nSPS) is 14.6. The van der Waals surface area contributed by atoms with Gasteiger partial charge in [0, 0.05) is 18.7 Å². The lowest BCUT2D eigenvalue weighted by Crippen LogP contribution is -2.53. The summed E-state index contributed by atoms with van der Waals surface area (Å²) in [5.74, 6) is 0.0947. The van der Waals surface area contributed by atoms with E-state index in [1.165, 1.54) is 25.2 Å². The van der Waals surface area contributed by atoms with Crippen molar-refractivity contribution >= 4 is 27.5 Å². The molecule has 0 spiro atoms. The van der Waals surface area contributed by atoms with Crippen LogP contribution in [0.25, 0.3) is 0 Å². The maximum atomic E-state index is 13.9. The molecule has 0 radical (unpaired) electrons. The van der Waals surface area contributed by atoms with Gasteiger partial charge in [-0.2, -0.15) is 0 Å². The molecule has 1 fully saturated rings. The molecule has 1 aliphatic rings. The molecule has 0 heterocycles. The van der Waals surface area contributed by atoms with Crippen LogP contribution < -0.4 is 19.1 Å². The van der Waals surface area contributed by atoms with Gasteiger partial charge in [0.15, 0.2) is 11.5 Å². The second kappa shape index (κ2) is 13.0. The van der Waals surface area contributed by atoms with E-state index >= 15 is 0 Å². The summed E-state index contributed by atoms with van der Waals surface area (Å²) in [6.07, 6.45) is 5.44. The fourth-order valence-corrected chi connectivity index (χ4v) is 5.69. The molecule has 2 aromatic carbocycles. The number of benzene rings is 2. The average molecular weight is 546 g/mol. The predicted molar refractivity (Wildman–Crippen MR) is 148 cm³/mol. The number of nitrogens with one attached hydrogen (secondary N) is 1. The minimum absolute atomic E-state index is 0.103. The number of rotatable bonds is 12. The fraction of sp³-hybridized carbons (Fsp3) is 0.500. The highest BCUT2D eigenvalue weighted by molar-refractivity contribution is 7.92. The molecule has 1 N–H and O–H groups in total. The van der Waals surface area contributed by atoms with E-state index in [2.05, 4.69) is 5.32 Å². The molecule has 1 atom stereocenters. The monoisotopic (exact) mass is 545 g/mol. The molecule has 38 heavy (non-hydrogen) atoms. The third-order valence-corrected chi connectivity index (χ3v) is 8.16. The van der Waals surface area contributed by atoms with Crippen molar-refractivity contribution in [2.24, 2.45) is 0 Å². The summed E-state index contributed by atoms with van der Waals surface area (Å²) >= 11 is 0. The first-order chi connectivity index (χ1) is 18.1. The predicted octanol–water partition coefficient (Wildman–Crippen LogP) is 3.64. The summed E-state index contributed by atoms with van der Waals surface area (Å²) < 4.78 is 37.4. The fourth-order valence-electron chi connectivity index (χ4n) is 4.85. The zero-order chi connectivity index (χ0) is 27.9. The number of methoxy groups -OCH3 is 2. The highest BCUT2D eigenvalue weighted by atomic mass is 32.2. The molecule has 208 valence electrons. The van der Waals surface area contributed by atoms with Crippen LogP contribution in [-0.2, 0) is 26.2 Å². The molecule has 9 nitrogen and oxygen atoms in total. The Kier molecular flexibility index (Phi) is 10.0.